The molecule has 0 N–H and O–H groups in total. The summed E-state index contributed by atoms with van der Waals surface area (Å²) in [5, 5.41) is 2.48. The summed E-state index contributed by atoms with van der Waals surface area (Å²) < 4.78 is 2.41. The molecule has 0 amide bonds. The molecule has 0 fully saturated rings. The molecular formula is C49H37N5. The summed E-state index contributed by atoms with van der Waals surface area (Å²) in [5.41, 5.74) is 11.5. The van der Waals surface area contributed by atoms with Crippen LogP contribution in [0, 0.1) is 0 Å². The number of allylic oxidation sites excluding steroid dienone is 4. The second kappa shape index (κ2) is 13.6. The van der Waals surface area contributed by atoms with Crippen LogP contribution in [0.25, 0.3) is 61.5 Å². The summed E-state index contributed by atoms with van der Waals surface area (Å²) >= 11 is 0. The van der Waals surface area contributed by atoms with Gasteiger partial charge in [-0.2, -0.15) is 0 Å². The van der Waals surface area contributed by atoms with Gasteiger partial charge in [0.25, 0.3) is 0 Å². The minimum Gasteiger partial charge on any atom is -0.330 e. The Hall–Kier alpha value is -6.85. The van der Waals surface area contributed by atoms with Crippen LogP contribution >= 0.6 is 0 Å². The number of hydrogen-bond acceptors (Lipinski definition) is 4. The van der Waals surface area contributed by atoms with Gasteiger partial charge in [-0.15, -0.1) is 0 Å². The molecule has 8 aromatic rings. The van der Waals surface area contributed by atoms with Crippen molar-refractivity contribution in [2.75, 3.05) is 4.90 Å². The van der Waals surface area contributed by atoms with E-state index < -0.39 is 0 Å². The van der Waals surface area contributed by atoms with Crippen molar-refractivity contribution >= 4 is 38.8 Å². The number of para-hydroxylation sites is 2. The van der Waals surface area contributed by atoms with Crippen LogP contribution in [0.4, 0.5) is 5.69 Å². The average molecular weight is 696 g/mol. The fourth-order valence-electron chi connectivity index (χ4n) is 8.12. The zero-order chi connectivity index (χ0) is 35.8. The number of fused-ring (bicyclic) bond motifs is 3. The molecule has 10 rings (SSSR count). The molecule has 0 radical (unpaired) electrons. The van der Waals surface area contributed by atoms with Crippen LogP contribution in [0.15, 0.2) is 182 Å². The van der Waals surface area contributed by atoms with Crippen LogP contribution in [0.5, 0.6) is 0 Å². The average Bonchev–Trinajstić information content (AvgIpc) is 3.85. The van der Waals surface area contributed by atoms with Crippen molar-refractivity contribution in [2.45, 2.75) is 25.3 Å². The van der Waals surface area contributed by atoms with Gasteiger partial charge in [0.2, 0.25) is 0 Å². The lowest BCUT2D eigenvalue weighted by molar-refractivity contribution is 0.685. The fraction of sp³-hybridized carbons (Fsp3) is 0.0816. The van der Waals surface area contributed by atoms with E-state index in [0.29, 0.717) is 11.6 Å². The molecule has 3 heterocycles. The highest BCUT2D eigenvalue weighted by molar-refractivity contribution is 6.15. The predicted octanol–water partition coefficient (Wildman–Crippen LogP) is 12.0. The largest absolute Gasteiger partial charge is 0.330 e. The summed E-state index contributed by atoms with van der Waals surface area (Å²) in [7, 11) is 0. The molecule has 1 unspecified atom stereocenters. The van der Waals surface area contributed by atoms with E-state index >= 15 is 0 Å². The molecule has 2 aliphatic rings. The van der Waals surface area contributed by atoms with Gasteiger partial charge in [-0.25, -0.2) is 15.0 Å². The van der Waals surface area contributed by atoms with Gasteiger partial charge in [0, 0.05) is 44.5 Å². The molecule has 6 aromatic carbocycles. The predicted molar refractivity (Wildman–Crippen MR) is 222 cm³/mol. The SMILES string of the molecule is C1=CCCC(c2ccc3c(c2)c2c(C4=CCC(c5nc(-c6ccccc6)nc(-c6ccccc6)n5)N4c4ccccc4)cccc2n3-c2ccccc2)=C1. The van der Waals surface area contributed by atoms with E-state index in [1.54, 1.807) is 0 Å². The third-order valence-electron chi connectivity index (χ3n) is 10.6. The quantitative estimate of drug-likeness (QED) is 0.166. The van der Waals surface area contributed by atoms with E-state index in [1.807, 2.05) is 36.4 Å². The van der Waals surface area contributed by atoms with Crippen molar-refractivity contribution in [2.24, 2.45) is 0 Å². The lowest BCUT2D eigenvalue weighted by atomic mass is 9.95. The number of hydrogen-bond donors (Lipinski definition) is 0. The van der Waals surface area contributed by atoms with Gasteiger partial charge in [-0.3, -0.25) is 0 Å². The first kappa shape index (κ1) is 31.9. The first-order valence-corrected chi connectivity index (χ1v) is 18.7. The topological polar surface area (TPSA) is 46.8 Å². The molecule has 1 atom stereocenters. The van der Waals surface area contributed by atoms with E-state index in [4.69, 9.17) is 15.0 Å². The second-order valence-corrected chi connectivity index (χ2v) is 13.9. The normalized spacial score (nSPS) is 15.5. The monoisotopic (exact) mass is 695 g/mol. The summed E-state index contributed by atoms with van der Waals surface area (Å²) in [4.78, 5) is 17.9. The molecule has 0 bridgehead atoms. The molecule has 0 saturated carbocycles. The van der Waals surface area contributed by atoms with Gasteiger partial charge in [-0.1, -0.05) is 140 Å². The highest BCUT2D eigenvalue weighted by Gasteiger charge is 2.34. The van der Waals surface area contributed by atoms with Gasteiger partial charge in [0.1, 0.15) is 0 Å². The second-order valence-electron chi connectivity index (χ2n) is 13.9. The van der Waals surface area contributed by atoms with Crippen LogP contribution in [0.3, 0.4) is 0 Å². The maximum atomic E-state index is 5.22. The van der Waals surface area contributed by atoms with Gasteiger partial charge < -0.3 is 9.47 Å². The van der Waals surface area contributed by atoms with Crippen LogP contribution in [0.1, 0.15) is 42.3 Å². The van der Waals surface area contributed by atoms with E-state index in [0.717, 1.165) is 53.3 Å². The zero-order valence-corrected chi connectivity index (χ0v) is 29.8. The number of anilines is 1. The highest BCUT2D eigenvalue weighted by atomic mass is 15.2. The molecule has 5 heteroatoms. The minimum absolute atomic E-state index is 0.150. The summed E-state index contributed by atoms with van der Waals surface area (Å²) in [6, 6.07) is 55.5. The van der Waals surface area contributed by atoms with Gasteiger partial charge in [0.05, 0.1) is 17.1 Å². The lowest BCUT2D eigenvalue weighted by Crippen LogP contribution is -2.25. The Morgan fingerprint density at radius 3 is 1.85 bits per heavy atom. The number of benzene rings is 6. The molecule has 258 valence electrons. The minimum atomic E-state index is -0.150. The van der Waals surface area contributed by atoms with Crippen LogP contribution in [0.2, 0.25) is 0 Å². The zero-order valence-electron chi connectivity index (χ0n) is 29.8. The Morgan fingerprint density at radius 2 is 1.20 bits per heavy atom. The summed E-state index contributed by atoms with van der Waals surface area (Å²) in [5.74, 6) is 2.10. The highest BCUT2D eigenvalue weighted by Crippen LogP contribution is 2.46. The molecule has 54 heavy (non-hydrogen) atoms. The Bertz CT molecular complexity index is 2670. The maximum absolute atomic E-state index is 5.22. The Kier molecular flexibility index (Phi) is 8.03. The molecular weight excluding hydrogens is 659 g/mol. The van der Waals surface area contributed by atoms with Crippen molar-refractivity contribution in [3.8, 4) is 28.5 Å². The Labute approximate surface area is 314 Å². The van der Waals surface area contributed by atoms with E-state index in [2.05, 4.69) is 155 Å². The third kappa shape index (κ3) is 5.62. The Balaban J connectivity index is 1.18. The van der Waals surface area contributed by atoms with Crippen molar-refractivity contribution in [1.29, 1.82) is 0 Å². The number of aromatic nitrogens is 4. The summed E-state index contributed by atoms with van der Waals surface area (Å²) in [6.45, 7) is 0. The van der Waals surface area contributed by atoms with Gasteiger partial charge >= 0.3 is 0 Å². The molecule has 1 aliphatic carbocycles. The van der Waals surface area contributed by atoms with Gasteiger partial charge in [-0.05, 0) is 72.9 Å². The van der Waals surface area contributed by atoms with E-state index in [1.165, 1.54) is 38.5 Å². The standard InChI is InChI=1S/C49H37N5/c1-6-17-34(18-7-1)37-29-30-43-41(33-37)46-40(27-16-28-44(46)53(43)38-23-12-4-13-24-38)42-31-32-45(54(42)39-25-14-5-15-26-39)49-51-47(35-19-8-2-9-20-35)50-48(52-49)36-21-10-3-11-22-36/h1-6,8-17,19-31,33,45H,7,18,32H2. The van der Waals surface area contributed by atoms with Crippen LogP contribution < -0.4 is 4.90 Å². The van der Waals surface area contributed by atoms with Crippen molar-refractivity contribution < 1.29 is 0 Å². The fourth-order valence-corrected chi connectivity index (χ4v) is 8.12. The van der Waals surface area contributed by atoms with Gasteiger partial charge in [0.15, 0.2) is 17.5 Å². The van der Waals surface area contributed by atoms with Crippen LogP contribution in [-0.2, 0) is 0 Å². The lowest BCUT2D eigenvalue weighted by Gasteiger charge is -2.30. The van der Waals surface area contributed by atoms with Crippen LogP contribution in [-0.4, -0.2) is 19.5 Å². The summed E-state index contributed by atoms with van der Waals surface area (Å²) in [6.07, 6.45) is 11.9. The molecule has 2 aromatic heterocycles. The molecule has 0 spiro atoms. The van der Waals surface area contributed by atoms with Crippen molar-refractivity contribution in [3.63, 3.8) is 0 Å². The Morgan fingerprint density at radius 1 is 0.556 bits per heavy atom. The maximum Gasteiger partial charge on any atom is 0.163 e. The molecule has 1 aliphatic heterocycles. The first-order chi connectivity index (χ1) is 26.8. The first-order valence-electron chi connectivity index (χ1n) is 18.7. The number of rotatable bonds is 7. The van der Waals surface area contributed by atoms with Crippen molar-refractivity contribution in [3.05, 3.63) is 199 Å². The molecule has 0 saturated heterocycles. The van der Waals surface area contributed by atoms with E-state index in [9.17, 15) is 0 Å². The van der Waals surface area contributed by atoms with E-state index in [-0.39, 0.29) is 6.04 Å². The molecule has 5 nitrogen and oxygen atoms in total. The third-order valence-corrected chi connectivity index (χ3v) is 10.6. The number of nitrogens with zero attached hydrogens (tertiary/aromatic N) is 5. The smallest absolute Gasteiger partial charge is 0.163 e. The van der Waals surface area contributed by atoms with Crippen molar-refractivity contribution in [1.82, 2.24) is 19.5 Å².